The molecule has 0 saturated carbocycles. The van der Waals surface area contributed by atoms with Gasteiger partial charge in [0.05, 0.1) is 16.6 Å². The zero-order chi connectivity index (χ0) is 28.7. The smallest absolute Gasteiger partial charge is 0.336 e. The molecule has 1 amide bonds. The number of amides is 1. The van der Waals surface area contributed by atoms with Crippen LogP contribution >= 0.6 is 0 Å². The van der Waals surface area contributed by atoms with Crippen molar-refractivity contribution in [3.05, 3.63) is 77.4 Å². The Bertz CT molecular complexity index is 1510. The van der Waals surface area contributed by atoms with Gasteiger partial charge in [-0.1, -0.05) is 6.07 Å². The zero-order valence-electron chi connectivity index (χ0n) is 21.0. The molecule has 1 N–H and O–H groups in total. The van der Waals surface area contributed by atoms with Crippen LogP contribution in [0, 0.1) is 0 Å². The van der Waals surface area contributed by atoms with Crippen LogP contribution in [0.1, 0.15) is 21.5 Å². The maximum Gasteiger partial charge on any atom is 0.416 e. The van der Waals surface area contributed by atoms with Gasteiger partial charge in [-0.3, -0.25) is 4.79 Å². The van der Waals surface area contributed by atoms with Crippen LogP contribution in [0.5, 0.6) is 0 Å². The van der Waals surface area contributed by atoms with Crippen LogP contribution in [-0.2, 0) is 12.4 Å². The molecule has 3 aromatic carbocycles. The largest absolute Gasteiger partial charge is 0.416 e. The summed E-state index contributed by atoms with van der Waals surface area (Å²) in [6.45, 7) is 2.89. The molecule has 0 aliphatic carbocycles. The van der Waals surface area contributed by atoms with E-state index in [2.05, 4.69) is 25.4 Å². The number of alkyl halides is 6. The first-order valence-corrected chi connectivity index (χ1v) is 12.2. The fourth-order valence-electron chi connectivity index (χ4n) is 4.31. The molecular formula is C27H22F6N6O. The summed E-state index contributed by atoms with van der Waals surface area (Å²) in [5.74, 6) is -0.0121. The van der Waals surface area contributed by atoms with Crippen molar-refractivity contribution in [3.8, 4) is 11.1 Å². The van der Waals surface area contributed by atoms with E-state index in [4.69, 9.17) is 0 Å². The number of piperazine rings is 1. The summed E-state index contributed by atoms with van der Waals surface area (Å²) < 4.78 is 79.9. The highest BCUT2D eigenvalue weighted by Crippen LogP contribution is 2.39. The van der Waals surface area contributed by atoms with Crippen molar-refractivity contribution in [2.45, 2.75) is 12.4 Å². The molecular weight excluding hydrogens is 538 g/mol. The van der Waals surface area contributed by atoms with Gasteiger partial charge in [0.1, 0.15) is 5.52 Å². The third-order valence-electron chi connectivity index (χ3n) is 6.55. The third kappa shape index (κ3) is 5.98. The molecule has 40 heavy (non-hydrogen) atoms. The van der Waals surface area contributed by atoms with Gasteiger partial charge in [-0.15, -0.1) is 10.2 Å². The minimum Gasteiger partial charge on any atom is -0.336 e. The number of rotatable bonds is 4. The van der Waals surface area contributed by atoms with Gasteiger partial charge < -0.3 is 15.1 Å². The standard InChI is InChI=1S/C27H22F6N6O/c1-38-8-10-39(11-9-38)24(40)16-2-5-21(6-3-16)34-25-35-23-14-17(4-7-22(23)36-37-25)18-12-19(26(28,29)30)15-20(13-18)27(31,32)33/h2-7,12-15H,8-11H2,1H3,(H,34,35,37). The minimum atomic E-state index is -4.96. The zero-order valence-corrected chi connectivity index (χ0v) is 21.0. The Labute approximate surface area is 224 Å². The summed E-state index contributed by atoms with van der Waals surface area (Å²) in [6.07, 6.45) is -9.92. The number of halogens is 6. The normalized spacial score (nSPS) is 14.9. The number of anilines is 2. The summed E-state index contributed by atoms with van der Waals surface area (Å²) in [5.41, 5.74) is -1.39. The van der Waals surface area contributed by atoms with E-state index in [1.807, 2.05) is 7.05 Å². The van der Waals surface area contributed by atoms with Crippen LogP contribution in [-0.4, -0.2) is 64.1 Å². The summed E-state index contributed by atoms with van der Waals surface area (Å²) in [7, 11) is 2.00. The molecule has 1 aliphatic rings. The lowest BCUT2D eigenvalue weighted by Gasteiger charge is -2.32. The van der Waals surface area contributed by atoms with Gasteiger partial charge in [0.15, 0.2) is 0 Å². The van der Waals surface area contributed by atoms with E-state index < -0.39 is 23.5 Å². The van der Waals surface area contributed by atoms with E-state index in [-0.39, 0.29) is 34.6 Å². The molecule has 1 fully saturated rings. The Morgan fingerprint density at radius 3 is 1.98 bits per heavy atom. The lowest BCUT2D eigenvalue weighted by atomic mass is 9.98. The summed E-state index contributed by atoms with van der Waals surface area (Å²) in [5, 5.41) is 11.0. The topological polar surface area (TPSA) is 74.2 Å². The van der Waals surface area contributed by atoms with E-state index in [0.717, 1.165) is 13.1 Å². The van der Waals surface area contributed by atoms with Crippen molar-refractivity contribution in [3.63, 3.8) is 0 Å². The molecule has 2 heterocycles. The van der Waals surface area contributed by atoms with Crippen molar-refractivity contribution in [2.24, 2.45) is 0 Å². The van der Waals surface area contributed by atoms with Gasteiger partial charge in [0.2, 0.25) is 5.95 Å². The van der Waals surface area contributed by atoms with Crippen molar-refractivity contribution >= 4 is 28.6 Å². The number of benzene rings is 3. The first-order valence-electron chi connectivity index (χ1n) is 12.2. The number of nitrogens with one attached hydrogen (secondary N) is 1. The van der Waals surface area contributed by atoms with Crippen LogP contribution in [0.3, 0.4) is 0 Å². The highest BCUT2D eigenvalue weighted by Gasteiger charge is 2.37. The second kappa shape index (κ2) is 10.4. The lowest BCUT2D eigenvalue weighted by molar-refractivity contribution is -0.143. The molecule has 1 aromatic heterocycles. The number of carbonyl (C=O) groups excluding carboxylic acids is 1. The Balaban J connectivity index is 1.39. The number of aromatic nitrogens is 3. The second-order valence-electron chi connectivity index (χ2n) is 9.43. The van der Waals surface area contributed by atoms with Crippen LogP contribution in [0.25, 0.3) is 22.2 Å². The van der Waals surface area contributed by atoms with E-state index in [0.29, 0.717) is 42.0 Å². The summed E-state index contributed by atoms with van der Waals surface area (Å²) in [4.78, 5) is 21.0. The number of carbonyl (C=O) groups is 1. The first-order chi connectivity index (χ1) is 18.9. The molecule has 1 aliphatic heterocycles. The van der Waals surface area contributed by atoms with E-state index in [9.17, 15) is 31.1 Å². The van der Waals surface area contributed by atoms with Crippen molar-refractivity contribution in [1.82, 2.24) is 25.0 Å². The molecule has 5 rings (SSSR count). The first kappa shape index (κ1) is 27.3. The molecule has 1 saturated heterocycles. The Morgan fingerprint density at radius 2 is 1.38 bits per heavy atom. The quantitative estimate of drug-likeness (QED) is 0.315. The lowest BCUT2D eigenvalue weighted by Crippen LogP contribution is -2.47. The summed E-state index contributed by atoms with van der Waals surface area (Å²) in [6, 6.07) is 12.2. The average molecular weight is 561 g/mol. The fourth-order valence-corrected chi connectivity index (χ4v) is 4.31. The fraction of sp³-hybridized carbons (Fsp3) is 0.259. The monoisotopic (exact) mass is 560 g/mol. The SMILES string of the molecule is CN1CCN(C(=O)c2ccc(Nc3nnc4ccc(-c5cc(C(F)(F)F)cc(C(F)(F)F)c5)cc4n3)cc2)CC1. The van der Waals surface area contributed by atoms with E-state index in [1.54, 1.807) is 29.2 Å². The van der Waals surface area contributed by atoms with Gasteiger partial charge in [-0.25, -0.2) is 4.98 Å². The minimum absolute atomic E-state index is 0.0582. The highest BCUT2D eigenvalue weighted by molar-refractivity contribution is 5.94. The maximum atomic E-state index is 13.3. The number of nitrogens with zero attached hydrogens (tertiary/aromatic N) is 5. The Hall–Kier alpha value is -4.26. The molecule has 0 bridgehead atoms. The van der Waals surface area contributed by atoms with Crippen LogP contribution < -0.4 is 5.32 Å². The maximum absolute atomic E-state index is 13.3. The Kier molecular flexibility index (Phi) is 7.08. The van der Waals surface area contributed by atoms with Gasteiger partial charge in [0.25, 0.3) is 5.91 Å². The van der Waals surface area contributed by atoms with Gasteiger partial charge in [0, 0.05) is 37.4 Å². The number of fused-ring (bicyclic) bond motifs is 1. The summed E-state index contributed by atoms with van der Waals surface area (Å²) >= 11 is 0. The molecule has 0 atom stereocenters. The van der Waals surface area contributed by atoms with Gasteiger partial charge >= 0.3 is 12.4 Å². The molecule has 13 heteroatoms. The van der Waals surface area contributed by atoms with Crippen LogP contribution in [0.4, 0.5) is 38.0 Å². The molecule has 0 radical (unpaired) electrons. The number of likely N-dealkylation sites (N-methyl/N-ethyl adjacent to an activating group) is 1. The van der Waals surface area contributed by atoms with Crippen LogP contribution in [0.15, 0.2) is 60.7 Å². The predicted octanol–water partition coefficient (Wildman–Crippen LogP) is 5.86. The molecule has 4 aromatic rings. The molecule has 7 nitrogen and oxygen atoms in total. The average Bonchev–Trinajstić information content (AvgIpc) is 2.92. The molecule has 208 valence electrons. The van der Waals surface area contributed by atoms with Crippen molar-refractivity contribution < 1.29 is 31.1 Å². The highest BCUT2D eigenvalue weighted by atomic mass is 19.4. The van der Waals surface area contributed by atoms with Crippen LogP contribution in [0.2, 0.25) is 0 Å². The number of hydrogen-bond donors (Lipinski definition) is 1. The van der Waals surface area contributed by atoms with E-state index in [1.165, 1.54) is 18.2 Å². The predicted molar refractivity (Wildman–Crippen MR) is 136 cm³/mol. The van der Waals surface area contributed by atoms with Gasteiger partial charge in [-0.05, 0) is 72.8 Å². The molecule has 0 spiro atoms. The second-order valence-corrected chi connectivity index (χ2v) is 9.43. The van der Waals surface area contributed by atoms with E-state index >= 15 is 0 Å². The van der Waals surface area contributed by atoms with Crippen molar-refractivity contribution in [1.29, 1.82) is 0 Å². The third-order valence-corrected chi connectivity index (χ3v) is 6.55. The Morgan fingerprint density at radius 1 is 0.750 bits per heavy atom. The van der Waals surface area contributed by atoms with Gasteiger partial charge in [-0.2, -0.15) is 26.3 Å². The van der Waals surface area contributed by atoms with Crippen molar-refractivity contribution in [2.75, 3.05) is 38.5 Å². The molecule has 0 unspecified atom stereocenters. The number of hydrogen-bond acceptors (Lipinski definition) is 6.